The van der Waals surface area contributed by atoms with Crippen LogP contribution in [0.4, 0.5) is 22.0 Å². The molecule has 1 aliphatic carbocycles. The van der Waals surface area contributed by atoms with Gasteiger partial charge in [0.1, 0.15) is 5.82 Å². The lowest BCUT2D eigenvalue weighted by Crippen LogP contribution is -2.21. The van der Waals surface area contributed by atoms with Crippen molar-refractivity contribution in [1.82, 2.24) is 0 Å². The standard InChI is InChI=1S/C29H29F5O2/c1-3-14-35-25-13-12-23(28(33)29(25)34)19-8-11-22(24(30)15-19)18-6-9-21(10-7-18)36-16-20-5-4-17(2)26(31)27(20)32/h4-5,8,11-13,15,18,21H,3,6-7,9-10,14,16H2,1-2H3. The molecule has 3 aromatic rings. The third-order valence-corrected chi connectivity index (χ3v) is 6.76. The van der Waals surface area contributed by atoms with E-state index >= 15 is 4.39 Å². The number of benzene rings is 3. The molecule has 0 radical (unpaired) electrons. The number of hydrogen-bond acceptors (Lipinski definition) is 2. The fourth-order valence-electron chi connectivity index (χ4n) is 4.65. The van der Waals surface area contributed by atoms with Crippen molar-refractivity contribution in [1.29, 1.82) is 0 Å². The molecule has 0 atom stereocenters. The van der Waals surface area contributed by atoms with E-state index in [0.717, 1.165) is 0 Å². The minimum Gasteiger partial charge on any atom is -0.490 e. The normalized spacial score (nSPS) is 17.9. The van der Waals surface area contributed by atoms with Gasteiger partial charge >= 0.3 is 0 Å². The zero-order valence-corrected chi connectivity index (χ0v) is 20.4. The van der Waals surface area contributed by atoms with Gasteiger partial charge in [-0.15, -0.1) is 0 Å². The highest BCUT2D eigenvalue weighted by Crippen LogP contribution is 2.38. The van der Waals surface area contributed by atoms with Crippen LogP contribution in [-0.2, 0) is 11.3 Å². The van der Waals surface area contributed by atoms with E-state index in [-0.39, 0.29) is 53.2 Å². The van der Waals surface area contributed by atoms with Crippen molar-refractivity contribution in [3.63, 3.8) is 0 Å². The average Bonchev–Trinajstić information content (AvgIpc) is 2.88. The summed E-state index contributed by atoms with van der Waals surface area (Å²) in [5.41, 5.74) is 1.16. The lowest BCUT2D eigenvalue weighted by Gasteiger charge is -2.29. The van der Waals surface area contributed by atoms with E-state index in [1.165, 1.54) is 37.3 Å². The minimum atomic E-state index is -1.09. The van der Waals surface area contributed by atoms with Gasteiger partial charge in [0.05, 0.1) is 19.3 Å². The Morgan fingerprint density at radius 3 is 2.25 bits per heavy atom. The molecule has 4 rings (SSSR count). The Hall–Kier alpha value is -2.93. The highest BCUT2D eigenvalue weighted by molar-refractivity contribution is 5.66. The summed E-state index contributed by atoms with van der Waals surface area (Å²) in [5, 5.41) is 0. The van der Waals surface area contributed by atoms with Crippen LogP contribution in [0.2, 0.25) is 0 Å². The van der Waals surface area contributed by atoms with Gasteiger partial charge in [0, 0.05) is 11.1 Å². The summed E-state index contributed by atoms with van der Waals surface area (Å²) in [5.74, 6) is -4.58. The number of aryl methyl sites for hydroxylation is 1. The molecule has 1 fully saturated rings. The molecule has 7 heteroatoms. The molecule has 0 amide bonds. The molecule has 0 heterocycles. The van der Waals surface area contributed by atoms with Gasteiger partial charge in [0.15, 0.2) is 23.2 Å². The van der Waals surface area contributed by atoms with Gasteiger partial charge in [-0.2, -0.15) is 4.39 Å². The maximum absolute atomic E-state index is 15.0. The van der Waals surface area contributed by atoms with Gasteiger partial charge in [-0.3, -0.25) is 0 Å². The van der Waals surface area contributed by atoms with Crippen LogP contribution in [0.3, 0.4) is 0 Å². The molecule has 0 spiro atoms. The Morgan fingerprint density at radius 2 is 1.56 bits per heavy atom. The van der Waals surface area contributed by atoms with Gasteiger partial charge < -0.3 is 9.47 Å². The lowest BCUT2D eigenvalue weighted by atomic mass is 9.82. The van der Waals surface area contributed by atoms with E-state index in [0.29, 0.717) is 37.7 Å². The van der Waals surface area contributed by atoms with Crippen LogP contribution in [0.1, 0.15) is 61.6 Å². The third kappa shape index (κ3) is 5.56. The second-order valence-electron chi connectivity index (χ2n) is 9.28. The maximum atomic E-state index is 15.0. The quantitative estimate of drug-likeness (QED) is 0.287. The molecule has 0 bridgehead atoms. The second-order valence-corrected chi connectivity index (χ2v) is 9.28. The average molecular weight is 505 g/mol. The molecule has 0 aliphatic heterocycles. The van der Waals surface area contributed by atoms with E-state index in [2.05, 4.69) is 0 Å². The van der Waals surface area contributed by atoms with Gasteiger partial charge in [0.2, 0.25) is 5.82 Å². The predicted octanol–water partition coefficient (Wildman–Crippen LogP) is 8.39. The lowest BCUT2D eigenvalue weighted by molar-refractivity contribution is 0.0117. The fourth-order valence-corrected chi connectivity index (χ4v) is 4.65. The molecule has 2 nitrogen and oxygen atoms in total. The first-order chi connectivity index (χ1) is 17.3. The fraction of sp³-hybridized carbons (Fsp3) is 0.379. The van der Waals surface area contributed by atoms with Gasteiger partial charge in [0.25, 0.3) is 0 Å². The Bertz CT molecular complexity index is 1220. The molecule has 1 aliphatic rings. The van der Waals surface area contributed by atoms with Gasteiger partial charge in [-0.1, -0.05) is 31.2 Å². The first-order valence-electron chi connectivity index (χ1n) is 12.3. The van der Waals surface area contributed by atoms with Crippen molar-refractivity contribution in [2.24, 2.45) is 0 Å². The van der Waals surface area contributed by atoms with E-state index in [9.17, 15) is 17.6 Å². The van der Waals surface area contributed by atoms with E-state index in [1.54, 1.807) is 12.1 Å². The molecule has 0 saturated heterocycles. The topological polar surface area (TPSA) is 18.5 Å². The summed E-state index contributed by atoms with van der Waals surface area (Å²) >= 11 is 0. The number of rotatable bonds is 8. The Kier molecular flexibility index (Phi) is 8.29. The van der Waals surface area contributed by atoms with Crippen LogP contribution >= 0.6 is 0 Å². The summed E-state index contributed by atoms with van der Waals surface area (Å²) in [7, 11) is 0. The Balaban J connectivity index is 1.38. The van der Waals surface area contributed by atoms with Crippen molar-refractivity contribution in [3.05, 3.63) is 88.2 Å². The predicted molar refractivity (Wildman–Crippen MR) is 128 cm³/mol. The van der Waals surface area contributed by atoms with Crippen LogP contribution in [0.5, 0.6) is 5.75 Å². The molecule has 36 heavy (non-hydrogen) atoms. The molecule has 1 saturated carbocycles. The van der Waals surface area contributed by atoms with Crippen molar-refractivity contribution >= 4 is 0 Å². The summed E-state index contributed by atoms with van der Waals surface area (Å²) in [6.45, 7) is 3.62. The Morgan fingerprint density at radius 1 is 0.806 bits per heavy atom. The molecule has 0 N–H and O–H groups in total. The van der Waals surface area contributed by atoms with Crippen LogP contribution < -0.4 is 4.74 Å². The largest absolute Gasteiger partial charge is 0.490 e. The summed E-state index contributed by atoms with van der Waals surface area (Å²) in [4.78, 5) is 0. The summed E-state index contributed by atoms with van der Waals surface area (Å²) < 4.78 is 82.9. The molecular formula is C29H29F5O2. The molecule has 192 valence electrons. The Labute approximate surface area is 208 Å². The highest BCUT2D eigenvalue weighted by atomic mass is 19.2. The zero-order chi connectivity index (χ0) is 25.8. The highest BCUT2D eigenvalue weighted by Gasteiger charge is 2.26. The first kappa shape index (κ1) is 26.1. The first-order valence-corrected chi connectivity index (χ1v) is 12.3. The van der Waals surface area contributed by atoms with E-state index in [4.69, 9.17) is 9.47 Å². The zero-order valence-electron chi connectivity index (χ0n) is 20.4. The monoisotopic (exact) mass is 504 g/mol. The maximum Gasteiger partial charge on any atom is 0.201 e. The van der Waals surface area contributed by atoms with Crippen LogP contribution in [-0.4, -0.2) is 12.7 Å². The van der Waals surface area contributed by atoms with Crippen LogP contribution in [0, 0.1) is 36.0 Å². The van der Waals surface area contributed by atoms with Crippen LogP contribution in [0.15, 0.2) is 42.5 Å². The number of halogens is 5. The van der Waals surface area contributed by atoms with E-state index < -0.39 is 29.1 Å². The van der Waals surface area contributed by atoms with Crippen molar-refractivity contribution in [2.45, 2.75) is 64.6 Å². The van der Waals surface area contributed by atoms with Crippen molar-refractivity contribution in [2.75, 3.05) is 6.61 Å². The third-order valence-electron chi connectivity index (χ3n) is 6.76. The van der Waals surface area contributed by atoms with E-state index in [1.807, 2.05) is 6.92 Å². The van der Waals surface area contributed by atoms with Crippen molar-refractivity contribution < 1.29 is 31.4 Å². The smallest absolute Gasteiger partial charge is 0.201 e. The SMILES string of the molecule is CCCOc1ccc(-c2ccc(C3CCC(OCc4ccc(C)c(F)c4F)CC3)c(F)c2)c(F)c1F. The molecule has 0 aromatic heterocycles. The molecule has 3 aromatic carbocycles. The minimum absolute atomic E-state index is 0.0220. The molecule has 0 unspecified atom stereocenters. The second kappa shape index (κ2) is 11.4. The van der Waals surface area contributed by atoms with Crippen molar-refractivity contribution in [3.8, 4) is 16.9 Å². The van der Waals surface area contributed by atoms with Gasteiger partial charge in [-0.05, 0) is 79.8 Å². The number of hydrogen-bond donors (Lipinski definition) is 0. The summed E-state index contributed by atoms with van der Waals surface area (Å²) in [6.07, 6.45) is 3.17. The summed E-state index contributed by atoms with van der Waals surface area (Å²) in [6, 6.07) is 10.2. The van der Waals surface area contributed by atoms with Gasteiger partial charge in [-0.25, -0.2) is 17.6 Å². The van der Waals surface area contributed by atoms with Crippen LogP contribution in [0.25, 0.3) is 11.1 Å². The number of ether oxygens (including phenoxy) is 2. The molecular weight excluding hydrogens is 475 g/mol.